The van der Waals surface area contributed by atoms with Crippen molar-refractivity contribution < 1.29 is 0 Å². The van der Waals surface area contributed by atoms with E-state index in [1.54, 1.807) is 0 Å². The maximum Gasteiger partial charge on any atom is 0.140 e. The lowest BCUT2D eigenvalue weighted by Gasteiger charge is -2.31. The number of pyridine rings is 1. The van der Waals surface area contributed by atoms with Crippen LogP contribution in [0.4, 0.5) is 0 Å². The van der Waals surface area contributed by atoms with Crippen LogP contribution in [-0.2, 0) is 13.6 Å². The summed E-state index contributed by atoms with van der Waals surface area (Å²) in [5, 5.41) is 13.3. The first-order valence-corrected chi connectivity index (χ1v) is 12.2. The zero-order chi connectivity index (χ0) is 23.2. The topological polar surface area (TPSA) is 78.4 Å². The Kier molecular flexibility index (Phi) is 5.21. The Bertz CT molecular complexity index is 1430. The van der Waals surface area contributed by atoms with Gasteiger partial charge in [0.1, 0.15) is 5.65 Å². The lowest BCUT2D eigenvalue weighted by molar-refractivity contribution is 0.202. The van der Waals surface area contributed by atoms with Gasteiger partial charge in [0.15, 0.2) is 0 Å². The molecule has 5 heterocycles. The monoisotopic (exact) mass is 453 g/mol. The fourth-order valence-electron chi connectivity index (χ4n) is 5.67. The summed E-state index contributed by atoms with van der Waals surface area (Å²) >= 11 is 0. The molecule has 7 heteroatoms. The van der Waals surface area contributed by atoms with Gasteiger partial charge in [-0.15, -0.1) is 5.10 Å². The molecule has 0 saturated carbocycles. The Morgan fingerprint density at radius 2 is 1.97 bits per heavy atom. The molecule has 2 N–H and O–H groups in total. The average Bonchev–Trinajstić information content (AvgIpc) is 3.57. The summed E-state index contributed by atoms with van der Waals surface area (Å²) in [6.45, 7) is 7.69. The lowest BCUT2D eigenvalue weighted by atomic mass is 9.87. The number of aromatic amines is 2. The van der Waals surface area contributed by atoms with E-state index in [1.807, 2.05) is 18.5 Å². The van der Waals surface area contributed by atoms with Gasteiger partial charge in [-0.2, -0.15) is 0 Å². The molecule has 174 valence electrons. The summed E-state index contributed by atoms with van der Waals surface area (Å²) in [6, 6.07) is 11.3. The number of benzene rings is 1. The molecule has 4 aromatic heterocycles. The summed E-state index contributed by atoms with van der Waals surface area (Å²) in [4.78, 5) is 10.9. The van der Waals surface area contributed by atoms with Gasteiger partial charge in [-0.1, -0.05) is 25.1 Å². The van der Waals surface area contributed by atoms with E-state index in [1.165, 1.54) is 51.5 Å². The number of fused-ring (bicyclic) bond motifs is 2. The van der Waals surface area contributed by atoms with Crippen LogP contribution in [0.5, 0.6) is 0 Å². The highest BCUT2D eigenvalue weighted by Crippen LogP contribution is 2.40. The minimum absolute atomic E-state index is 0.413. The van der Waals surface area contributed by atoms with Crippen molar-refractivity contribution in [1.82, 2.24) is 34.8 Å². The number of aryl methyl sites for hydroxylation is 1. The van der Waals surface area contributed by atoms with Crippen molar-refractivity contribution in [2.75, 3.05) is 13.1 Å². The second kappa shape index (κ2) is 8.40. The molecule has 6 rings (SSSR count). The first kappa shape index (κ1) is 21.1. The van der Waals surface area contributed by atoms with Crippen LogP contribution in [-0.4, -0.2) is 47.9 Å². The number of rotatable bonds is 5. The number of nitrogens with one attached hydrogen (secondary N) is 2. The molecular weight excluding hydrogens is 422 g/mol. The Labute approximate surface area is 199 Å². The average molecular weight is 454 g/mol. The second-order valence-corrected chi connectivity index (χ2v) is 9.93. The number of aromatic nitrogens is 6. The zero-order valence-electron chi connectivity index (χ0n) is 20.0. The van der Waals surface area contributed by atoms with Gasteiger partial charge in [-0.3, -0.25) is 10.00 Å². The van der Waals surface area contributed by atoms with Crippen molar-refractivity contribution in [2.45, 2.75) is 45.1 Å². The van der Waals surface area contributed by atoms with Crippen LogP contribution in [0.1, 0.15) is 55.3 Å². The van der Waals surface area contributed by atoms with Crippen LogP contribution >= 0.6 is 0 Å². The molecule has 0 aliphatic carbocycles. The smallest absolute Gasteiger partial charge is 0.140 e. The molecule has 0 bridgehead atoms. The molecule has 5 aromatic rings. The number of hydrogen-bond acceptors (Lipinski definition) is 4. The fraction of sp³-hybridized carbons (Fsp3) is 0.370. The third-order valence-electron chi connectivity index (χ3n) is 7.36. The van der Waals surface area contributed by atoms with Crippen molar-refractivity contribution >= 4 is 21.9 Å². The second-order valence-electron chi connectivity index (χ2n) is 9.93. The summed E-state index contributed by atoms with van der Waals surface area (Å²) in [5.41, 5.74) is 8.64. The molecule has 1 aliphatic heterocycles. The van der Waals surface area contributed by atoms with E-state index in [9.17, 15) is 0 Å². The van der Waals surface area contributed by atoms with Crippen molar-refractivity contribution in [1.29, 1.82) is 0 Å². The summed E-state index contributed by atoms with van der Waals surface area (Å²) in [5.74, 6) is 1.01. The Morgan fingerprint density at radius 3 is 2.74 bits per heavy atom. The van der Waals surface area contributed by atoms with Crippen LogP contribution in [0.25, 0.3) is 33.2 Å². The maximum absolute atomic E-state index is 4.60. The Hall–Kier alpha value is -3.45. The van der Waals surface area contributed by atoms with Crippen LogP contribution in [0.3, 0.4) is 0 Å². The lowest BCUT2D eigenvalue weighted by Crippen LogP contribution is -2.32. The molecule has 1 aromatic carbocycles. The zero-order valence-corrected chi connectivity index (χ0v) is 20.0. The largest absolute Gasteiger partial charge is 0.354 e. The minimum Gasteiger partial charge on any atom is -0.354 e. The van der Waals surface area contributed by atoms with Crippen LogP contribution in [0.15, 0.2) is 48.9 Å². The predicted molar refractivity (Wildman–Crippen MR) is 136 cm³/mol. The van der Waals surface area contributed by atoms with Gasteiger partial charge in [-0.05, 0) is 73.2 Å². The van der Waals surface area contributed by atoms with E-state index >= 15 is 0 Å². The molecule has 0 amide bonds. The van der Waals surface area contributed by atoms with Gasteiger partial charge in [0.05, 0.1) is 17.6 Å². The highest BCUT2D eigenvalue weighted by molar-refractivity contribution is 5.99. The van der Waals surface area contributed by atoms with Crippen LogP contribution in [0.2, 0.25) is 0 Å². The van der Waals surface area contributed by atoms with E-state index in [2.05, 4.69) is 86.2 Å². The van der Waals surface area contributed by atoms with Gasteiger partial charge in [0.2, 0.25) is 0 Å². The third-order valence-corrected chi connectivity index (χ3v) is 7.36. The molecule has 1 saturated heterocycles. The first-order valence-electron chi connectivity index (χ1n) is 12.2. The molecule has 34 heavy (non-hydrogen) atoms. The van der Waals surface area contributed by atoms with Gasteiger partial charge >= 0.3 is 0 Å². The molecule has 0 spiro atoms. The molecule has 1 fully saturated rings. The number of likely N-dealkylation sites (tertiary alicyclic amines) is 1. The molecule has 0 radical (unpaired) electrons. The molecule has 7 nitrogen and oxygen atoms in total. The van der Waals surface area contributed by atoms with Crippen molar-refractivity contribution in [3.8, 4) is 11.3 Å². The quantitative estimate of drug-likeness (QED) is 0.376. The Balaban J connectivity index is 1.33. The minimum atomic E-state index is 0.413. The highest BCUT2D eigenvalue weighted by Gasteiger charge is 2.24. The van der Waals surface area contributed by atoms with E-state index in [0.717, 1.165) is 31.0 Å². The third kappa shape index (κ3) is 3.60. The molecular formula is C27H31N7. The molecule has 1 aliphatic rings. The summed E-state index contributed by atoms with van der Waals surface area (Å²) in [6.07, 6.45) is 8.25. The van der Waals surface area contributed by atoms with E-state index in [-0.39, 0.29) is 0 Å². The van der Waals surface area contributed by atoms with Gasteiger partial charge in [0.25, 0.3) is 0 Å². The standard InChI is InChI=1S/C27H31N7/c1-17(2)25-22-13-19(18-8-11-34(12-9-18)15-20-14-29-32-31-20)6-7-24(22)30-26(25)23-16-33(3)27-21(23)5-4-10-28-27/h4-7,10,13-14,16-18,30H,8-9,11-12,15H2,1-3H3,(H,29,31,32). The highest BCUT2D eigenvalue weighted by atomic mass is 15.3. The number of nitrogens with zero attached hydrogens (tertiary/aromatic N) is 5. The van der Waals surface area contributed by atoms with Crippen molar-refractivity contribution in [3.05, 3.63) is 65.7 Å². The van der Waals surface area contributed by atoms with Crippen LogP contribution < -0.4 is 0 Å². The SMILES string of the molecule is CC(C)c1c(-c2cn(C)c3ncccc23)[nH]c2ccc(C3CCN(Cc4cnn[nH]4)CC3)cc12. The first-order chi connectivity index (χ1) is 16.6. The maximum atomic E-state index is 4.60. The van der Waals surface area contributed by atoms with Crippen molar-refractivity contribution in [3.63, 3.8) is 0 Å². The number of H-pyrrole nitrogens is 2. The predicted octanol–water partition coefficient (Wildman–Crippen LogP) is 5.34. The van der Waals surface area contributed by atoms with E-state index in [4.69, 9.17) is 0 Å². The molecule has 0 unspecified atom stereocenters. The van der Waals surface area contributed by atoms with Crippen LogP contribution in [0, 0.1) is 0 Å². The fourth-order valence-corrected chi connectivity index (χ4v) is 5.67. The van der Waals surface area contributed by atoms with Gasteiger partial charge < -0.3 is 9.55 Å². The van der Waals surface area contributed by atoms with Gasteiger partial charge in [0, 0.05) is 47.8 Å². The van der Waals surface area contributed by atoms with E-state index in [0.29, 0.717) is 11.8 Å². The van der Waals surface area contributed by atoms with E-state index < -0.39 is 0 Å². The summed E-state index contributed by atoms with van der Waals surface area (Å²) < 4.78 is 2.12. The molecule has 0 atom stereocenters. The summed E-state index contributed by atoms with van der Waals surface area (Å²) in [7, 11) is 2.07. The normalized spacial score (nSPS) is 15.8. The Morgan fingerprint density at radius 1 is 1.12 bits per heavy atom. The number of hydrogen-bond donors (Lipinski definition) is 2. The van der Waals surface area contributed by atoms with Crippen molar-refractivity contribution in [2.24, 2.45) is 7.05 Å². The van der Waals surface area contributed by atoms with Gasteiger partial charge in [-0.25, -0.2) is 4.98 Å². The number of piperidine rings is 1.